The molecule has 0 fully saturated rings. The third kappa shape index (κ3) is 8.82. The monoisotopic (exact) mass is 360 g/mol. The summed E-state index contributed by atoms with van der Waals surface area (Å²) >= 11 is 11.8. The van der Waals surface area contributed by atoms with Crippen molar-refractivity contribution in [3.8, 4) is 0 Å². The van der Waals surface area contributed by atoms with Crippen LogP contribution in [0.25, 0.3) is 0 Å². The molecular weight excluding hydrogens is 339 g/mol. The van der Waals surface area contributed by atoms with E-state index in [4.69, 9.17) is 32.7 Å². The summed E-state index contributed by atoms with van der Waals surface area (Å²) in [7, 11) is 0. The number of carbonyl (C=O) groups is 2. The normalized spacial score (nSPS) is 10.4. The lowest BCUT2D eigenvalue weighted by atomic mass is 10.2. The Labute approximate surface area is 147 Å². The van der Waals surface area contributed by atoms with E-state index in [0.717, 1.165) is 19.3 Å². The van der Waals surface area contributed by atoms with E-state index in [1.165, 1.54) is 0 Å². The number of benzene rings is 1. The van der Waals surface area contributed by atoms with Crippen molar-refractivity contribution in [2.24, 2.45) is 0 Å². The zero-order chi connectivity index (χ0) is 17.1. The van der Waals surface area contributed by atoms with Crippen LogP contribution in [0.5, 0.6) is 0 Å². The zero-order valence-corrected chi connectivity index (χ0v) is 14.8. The van der Waals surface area contributed by atoms with E-state index in [1.54, 1.807) is 18.2 Å². The highest BCUT2D eigenvalue weighted by atomic mass is 35.5. The van der Waals surface area contributed by atoms with E-state index in [0.29, 0.717) is 28.6 Å². The molecule has 128 valence electrons. The van der Waals surface area contributed by atoms with Crippen LogP contribution in [0.15, 0.2) is 18.2 Å². The topological polar surface area (TPSA) is 52.6 Å². The maximum atomic E-state index is 11.6. The molecule has 0 amide bonds. The van der Waals surface area contributed by atoms with Gasteiger partial charge in [0.1, 0.15) is 6.61 Å². The second kappa shape index (κ2) is 11.3. The third-order valence-electron chi connectivity index (χ3n) is 3.17. The quantitative estimate of drug-likeness (QED) is 0.438. The van der Waals surface area contributed by atoms with E-state index in [-0.39, 0.29) is 31.4 Å². The summed E-state index contributed by atoms with van der Waals surface area (Å²) in [6.07, 6.45) is 3.81. The fourth-order valence-corrected chi connectivity index (χ4v) is 2.24. The van der Waals surface area contributed by atoms with Crippen LogP contribution in [0.2, 0.25) is 10.0 Å². The molecule has 0 aliphatic rings. The minimum Gasteiger partial charge on any atom is -0.466 e. The summed E-state index contributed by atoms with van der Waals surface area (Å²) < 4.78 is 10.2. The molecule has 1 aromatic carbocycles. The van der Waals surface area contributed by atoms with Crippen LogP contribution >= 0.6 is 23.2 Å². The fraction of sp³-hybridized carbons (Fsp3) is 0.529. The molecular formula is C17H22Cl2O4. The molecule has 0 bridgehead atoms. The number of halogens is 2. The van der Waals surface area contributed by atoms with E-state index >= 15 is 0 Å². The van der Waals surface area contributed by atoms with Gasteiger partial charge < -0.3 is 9.47 Å². The summed E-state index contributed by atoms with van der Waals surface area (Å²) in [5.74, 6) is -0.647. The van der Waals surface area contributed by atoms with E-state index < -0.39 is 0 Å². The maximum Gasteiger partial charge on any atom is 0.306 e. The molecule has 0 atom stereocenters. The summed E-state index contributed by atoms with van der Waals surface area (Å²) in [4.78, 5) is 23.1. The van der Waals surface area contributed by atoms with Crippen molar-refractivity contribution in [3.63, 3.8) is 0 Å². The molecule has 1 aromatic rings. The van der Waals surface area contributed by atoms with Crippen LogP contribution in [-0.4, -0.2) is 18.5 Å². The number of ether oxygens (including phenoxy) is 2. The zero-order valence-electron chi connectivity index (χ0n) is 13.3. The average Bonchev–Trinajstić information content (AvgIpc) is 2.52. The van der Waals surface area contributed by atoms with Gasteiger partial charge >= 0.3 is 11.9 Å². The predicted octanol–water partition coefficient (Wildman–Crippen LogP) is 4.94. The lowest BCUT2D eigenvalue weighted by Crippen LogP contribution is -2.09. The standard InChI is InChI=1S/C17H22Cl2O4/c1-2-3-4-10-22-16(20)6-5-7-17(21)23-12-13-11-14(18)8-9-15(13)19/h8-9,11H,2-7,10,12H2,1H3. The van der Waals surface area contributed by atoms with Crippen molar-refractivity contribution >= 4 is 35.1 Å². The second-order valence-corrected chi connectivity index (χ2v) is 6.02. The van der Waals surface area contributed by atoms with Gasteiger partial charge in [-0.15, -0.1) is 0 Å². The first-order chi connectivity index (χ1) is 11.0. The van der Waals surface area contributed by atoms with Crippen molar-refractivity contribution in [2.45, 2.75) is 52.1 Å². The minimum atomic E-state index is -0.375. The van der Waals surface area contributed by atoms with Gasteiger partial charge in [-0.1, -0.05) is 43.0 Å². The number of hydrogen-bond acceptors (Lipinski definition) is 4. The Bertz CT molecular complexity index is 517. The summed E-state index contributed by atoms with van der Waals surface area (Å²) in [6.45, 7) is 2.61. The Hall–Kier alpha value is -1.26. The van der Waals surface area contributed by atoms with Gasteiger partial charge in [0.25, 0.3) is 0 Å². The van der Waals surface area contributed by atoms with Gasteiger partial charge in [-0.05, 0) is 31.0 Å². The van der Waals surface area contributed by atoms with Gasteiger partial charge in [-0.3, -0.25) is 9.59 Å². The first-order valence-corrected chi connectivity index (χ1v) is 8.53. The second-order valence-electron chi connectivity index (χ2n) is 5.18. The van der Waals surface area contributed by atoms with Gasteiger partial charge in [0.15, 0.2) is 0 Å². The van der Waals surface area contributed by atoms with E-state index in [2.05, 4.69) is 6.92 Å². The molecule has 0 spiro atoms. The van der Waals surface area contributed by atoms with Crippen LogP contribution in [0.4, 0.5) is 0 Å². The van der Waals surface area contributed by atoms with Gasteiger partial charge in [-0.2, -0.15) is 0 Å². The number of unbranched alkanes of at least 4 members (excludes halogenated alkanes) is 2. The summed E-state index contributed by atoms with van der Waals surface area (Å²) in [5.41, 5.74) is 0.655. The molecule has 0 aliphatic heterocycles. The van der Waals surface area contributed by atoms with Gasteiger partial charge in [-0.25, -0.2) is 0 Å². The lowest BCUT2D eigenvalue weighted by Gasteiger charge is -2.07. The molecule has 1 rings (SSSR count). The van der Waals surface area contributed by atoms with Gasteiger partial charge in [0, 0.05) is 28.5 Å². The number of carbonyl (C=O) groups excluding carboxylic acids is 2. The Balaban J connectivity index is 2.17. The van der Waals surface area contributed by atoms with E-state index in [1.807, 2.05) is 0 Å². The third-order valence-corrected chi connectivity index (χ3v) is 3.77. The van der Waals surface area contributed by atoms with Crippen LogP contribution < -0.4 is 0 Å². The first kappa shape index (κ1) is 19.8. The Morgan fingerprint density at radius 1 is 1.00 bits per heavy atom. The van der Waals surface area contributed by atoms with Gasteiger partial charge in [0.2, 0.25) is 0 Å². The summed E-state index contributed by atoms with van der Waals surface area (Å²) in [6, 6.07) is 4.98. The Morgan fingerprint density at radius 2 is 1.70 bits per heavy atom. The highest BCUT2D eigenvalue weighted by molar-refractivity contribution is 6.33. The first-order valence-electron chi connectivity index (χ1n) is 7.78. The van der Waals surface area contributed by atoms with E-state index in [9.17, 15) is 9.59 Å². The van der Waals surface area contributed by atoms with Gasteiger partial charge in [0.05, 0.1) is 6.61 Å². The molecule has 0 aromatic heterocycles. The maximum absolute atomic E-state index is 11.6. The lowest BCUT2D eigenvalue weighted by molar-refractivity contribution is -0.146. The molecule has 0 heterocycles. The number of hydrogen-bond donors (Lipinski definition) is 0. The van der Waals surface area contributed by atoms with Crippen LogP contribution in [-0.2, 0) is 25.7 Å². The highest BCUT2D eigenvalue weighted by Gasteiger charge is 2.09. The van der Waals surface area contributed by atoms with Crippen molar-refractivity contribution in [1.82, 2.24) is 0 Å². The van der Waals surface area contributed by atoms with Crippen LogP contribution in [0, 0.1) is 0 Å². The molecule has 0 radical (unpaired) electrons. The smallest absolute Gasteiger partial charge is 0.306 e. The SMILES string of the molecule is CCCCCOC(=O)CCCC(=O)OCc1cc(Cl)ccc1Cl. The summed E-state index contributed by atoms with van der Waals surface area (Å²) in [5, 5.41) is 1.03. The molecule has 23 heavy (non-hydrogen) atoms. The van der Waals surface area contributed by atoms with Crippen molar-refractivity contribution in [2.75, 3.05) is 6.61 Å². The molecule has 4 nitrogen and oxygen atoms in total. The molecule has 0 saturated heterocycles. The Morgan fingerprint density at radius 3 is 2.39 bits per heavy atom. The Kier molecular flexibility index (Phi) is 9.72. The molecule has 0 N–H and O–H groups in total. The number of esters is 2. The van der Waals surface area contributed by atoms with Crippen molar-refractivity contribution in [1.29, 1.82) is 0 Å². The largest absolute Gasteiger partial charge is 0.466 e. The average molecular weight is 361 g/mol. The fourth-order valence-electron chi connectivity index (χ4n) is 1.87. The van der Waals surface area contributed by atoms with Crippen molar-refractivity contribution < 1.29 is 19.1 Å². The molecule has 0 unspecified atom stereocenters. The highest BCUT2D eigenvalue weighted by Crippen LogP contribution is 2.21. The minimum absolute atomic E-state index is 0.0691. The molecule has 6 heteroatoms. The van der Waals surface area contributed by atoms with Crippen LogP contribution in [0.3, 0.4) is 0 Å². The molecule has 0 saturated carbocycles. The molecule has 0 aliphatic carbocycles. The van der Waals surface area contributed by atoms with Crippen LogP contribution in [0.1, 0.15) is 51.0 Å². The number of rotatable bonds is 10. The van der Waals surface area contributed by atoms with Crippen molar-refractivity contribution in [3.05, 3.63) is 33.8 Å². The predicted molar refractivity (Wildman–Crippen MR) is 90.6 cm³/mol.